The number of hydrogen-bond donors (Lipinski definition) is 1. The van der Waals surface area contributed by atoms with E-state index in [2.05, 4.69) is 160 Å². The smallest absolute Gasteiger partial charge is 0.306 e. The summed E-state index contributed by atoms with van der Waals surface area (Å²) in [5, 5.41) is 3.00. The number of unbranched alkanes of at least 4 members (excludes halogenated alkanes) is 17. The van der Waals surface area contributed by atoms with Crippen molar-refractivity contribution in [2.45, 2.75) is 245 Å². The molecule has 9 nitrogen and oxygen atoms in total. The number of phosphoric acid groups is 1. The van der Waals surface area contributed by atoms with Crippen LogP contribution in [-0.2, 0) is 27.9 Å². The molecule has 0 radical (unpaired) electrons. The van der Waals surface area contributed by atoms with Crippen molar-refractivity contribution in [3.05, 3.63) is 146 Å². The highest BCUT2D eigenvalue weighted by molar-refractivity contribution is 7.45. The Hall–Kier alpha value is -4.11. The van der Waals surface area contributed by atoms with Crippen LogP contribution < -0.4 is 10.2 Å². The first kappa shape index (κ1) is 75.9. The quantitative estimate of drug-likeness (QED) is 0.0212. The number of carbonyl (C=O) groups is 2. The number of quaternary nitrogens is 1. The van der Waals surface area contributed by atoms with Gasteiger partial charge in [-0.05, 0) is 128 Å². The third-order valence-electron chi connectivity index (χ3n) is 13.0. The fourth-order valence-electron chi connectivity index (χ4n) is 8.20. The Kier molecular flexibility index (Phi) is 55.1. The molecule has 0 aromatic heterocycles. The molecule has 0 saturated carbocycles. The molecule has 1 N–H and O–H groups in total. The second-order valence-electron chi connectivity index (χ2n) is 21.8. The molecule has 0 spiro atoms. The zero-order chi connectivity index (χ0) is 58.6. The number of allylic oxidation sites excluding steroid dienone is 23. The SMILES string of the molecule is CC/C=C\C/C=C\C/C=C\C/C=C\C/C=C\C/C=C\CCCCC(=O)OC(/C=C/CCCCCCCCCCCC)C(COP(=O)([O-])OCC[N+](C)(C)C)NC(=O)CCCCCCC/C=C\C/C=C\C/C=C\C/C=C\C/C=C\CC. The summed E-state index contributed by atoms with van der Waals surface area (Å²) >= 11 is 0. The van der Waals surface area contributed by atoms with Gasteiger partial charge in [0.05, 0.1) is 33.8 Å². The molecule has 0 aliphatic heterocycles. The summed E-state index contributed by atoms with van der Waals surface area (Å²) < 4.78 is 30.3. The first-order valence-corrected chi connectivity index (χ1v) is 33.1. The molecule has 0 aromatic rings. The molecule has 0 saturated heterocycles. The molecule has 0 aliphatic rings. The Bertz CT molecular complexity index is 1880. The molecule has 0 aromatic carbocycles. The molecule has 1 amide bonds. The van der Waals surface area contributed by atoms with Crippen LogP contribution in [0.5, 0.6) is 0 Å². The molecule has 0 aliphatic carbocycles. The number of rotatable bonds is 55. The van der Waals surface area contributed by atoms with Crippen LogP contribution in [0.25, 0.3) is 0 Å². The van der Waals surface area contributed by atoms with E-state index in [4.69, 9.17) is 13.8 Å². The van der Waals surface area contributed by atoms with Crippen LogP contribution in [0.15, 0.2) is 146 Å². The second-order valence-corrected chi connectivity index (χ2v) is 23.2. The number of hydrogen-bond acceptors (Lipinski definition) is 7. The first-order chi connectivity index (χ1) is 38.9. The monoisotopic (exact) mass is 1130 g/mol. The Balaban J connectivity index is 5.37. The zero-order valence-corrected chi connectivity index (χ0v) is 52.6. The van der Waals surface area contributed by atoms with Gasteiger partial charge in [0, 0.05) is 12.8 Å². The minimum atomic E-state index is -4.73. The summed E-state index contributed by atoms with van der Waals surface area (Å²) in [5.74, 6) is -0.626. The number of amides is 1. The van der Waals surface area contributed by atoms with E-state index in [-0.39, 0.29) is 25.4 Å². The largest absolute Gasteiger partial charge is 0.756 e. The van der Waals surface area contributed by atoms with E-state index in [1.54, 1.807) is 0 Å². The lowest BCUT2D eigenvalue weighted by atomic mass is 10.0. The topological polar surface area (TPSA) is 114 Å². The highest BCUT2D eigenvalue weighted by Gasteiger charge is 2.27. The van der Waals surface area contributed by atoms with Crippen molar-refractivity contribution in [1.82, 2.24) is 5.32 Å². The third-order valence-corrected chi connectivity index (χ3v) is 14.0. The summed E-state index contributed by atoms with van der Waals surface area (Å²) in [4.78, 5) is 40.0. The average molecular weight is 1130 g/mol. The van der Waals surface area contributed by atoms with Crippen molar-refractivity contribution in [3.63, 3.8) is 0 Å². The number of nitrogens with zero attached hydrogens (tertiary/aromatic N) is 1. The number of esters is 1. The Morgan fingerprint density at radius 3 is 1.21 bits per heavy atom. The molecular formula is C70H117N2O7P. The van der Waals surface area contributed by atoms with Crippen molar-refractivity contribution in [2.24, 2.45) is 0 Å². The minimum Gasteiger partial charge on any atom is -0.756 e. The second kappa shape index (κ2) is 58.1. The van der Waals surface area contributed by atoms with E-state index >= 15 is 0 Å². The predicted octanol–water partition coefficient (Wildman–Crippen LogP) is 19.2. The van der Waals surface area contributed by atoms with Crippen LogP contribution in [0.3, 0.4) is 0 Å². The van der Waals surface area contributed by atoms with Gasteiger partial charge in [0.1, 0.15) is 19.3 Å². The van der Waals surface area contributed by atoms with Gasteiger partial charge in [0.15, 0.2) is 0 Å². The van der Waals surface area contributed by atoms with E-state index in [9.17, 15) is 19.0 Å². The molecular weight excluding hydrogens is 1010 g/mol. The van der Waals surface area contributed by atoms with Gasteiger partial charge in [0.2, 0.25) is 5.91 Å². The van der Waals surface area contributed by atoms with E-state index < -0.39 is 32.5 Å². The molecule has 454 valence electrons. The molecule has 0 bridgehead atoms. The van der Waals surface area contributed by atoms with Crippen molar-refractivity contribution >= 4 is 19.7 Å². The summed E-state index contributed by atoms with van der Waals surface area (Å²) in [6.07, 6.45) is 83.9. The number of phosphoric ester groups is 1. The van der Waals surface area contributed by atoms with Crippen LogP contribution in [0.2, 0.25) is 0 Å². The summed E-state index contributed by atoms with van der Waals surface area (Å²) in [6, 6.07) is -0.929. The number of nitrogens with one attached hydrogen (secondary N) is 1. The minimum absolute atomic E-state index is 0.0423. The average Bonchev–Trinajstić information content (AvgIpc) is 3.42. The van der Waals surface area contributed by atoms with Gasteiger partial charge < -0.3 is 28.5 Å². The van der Waals surface area contributed by atoms with Gasteiger partial charge in [-0.25, -0.2) is 0 Å². The number of carbonyl (C=O) groups excluding carboxylic acids is 2. The van der Waals surface area contributed by atoms with E-state index in [1.807, 2.05) is 33.3 Å². The van der Waals surface area contributed by atoms with Gasteiger partial charge in [0.25, 0.3) is 7.82 Å². The molecule has 0 heterocycles. The highest BCUT2D eigenvalue weighted by Crippen LogP contribution is 2.38. The van der Waals surface area contributed by atoms with Gasteiger partial charge >= 0.3 is 5.97 Å². The maximum absolute atomic E-state index is 13.5. The summed E-state index contributed by atoms with van der Waals surface area (Å²) in [6.45, 7) is 6.55. The van der Waals surface area contributed by atoms with Gasteiger partial charge in [-0.1, -0.05) is 238 Å². The standard InChI is InChI=1S/C70H117N2O7P/c1-7-10-13-16-19-22-25-28-30-32-34-36-38-40-42-44-47-50-53-56-59-62-69(73)71-67(66-78-80(75,76)77-65-64-72(4,5)6)68(61-58-55-52-49-46-27-24-21-18-15-12-9-3)79-70(74)63-60-57-54-51-48-45-43-41-39-37-35-33-31-29-26-23-20-17-14-11-8-2/h10-11,13-14,19-20,22-23,28-31,34-37,40-43,48,51,58,61,67-68H,7-9,12,15-18,21,24-27,32-33,38-39,44-47,49-50,52-57,59-60,62-66H2,1-6H3,(H-,71,73,75,76)/b13-10-,14-11-,22-19-,23-20-,30-28-,31-29-,36-34-,37-35-,42-40-,43-41-,51-48-,61-58+. The normalized spacial score (nSPS) is 14.6. The fourth-order valence-corrected chi connectivity index (χ4v) is 8.92. The van der Waals surface area contributed by atoms with E-state index in [1.165, 1.54) is 51.4 Å². The van der Waals surface area contributed by atoms with Crippen molar-refractivity contribution in [2.75, 3.05) is 40.9 Å². The fraction of sp³-hybridized carbons (Fsp3) is 0.629. The van der Waals surface area contributed by atoms with Gasteiger partial charge in [-0.15, -0.1) is 0 Å². The lowest BCUT2D eigenvalue weighted by Crippen LogP contribution is -2.47. The van der Waals surface area contributed by atoms with Crippen LogP contribution in [0.4, 0.5) is 0 Å². The zero-order valence-electron chi connectivity index (χ0n) is 51.7. The predicted molar refractivity (Wildman–Crippen MR) is 343 cm³/mol. The van der Waals surface area contributed by atoms with Crippen LogP contribution >= 0.6 is 7.82 Å². The molecule has 80 heavy (non-hydrogen) atoms. The maximum Gasteiger partial charge on any atom is 0.306 e. The molecule has 3 atom stereocenters. The van der Waals surface area contributed by atoms with Crippen molar-refractivity contribution in [1.29, 1.82) is 0 Å². The van der Waals surface area contributed by atoms with E-state index in [0.717, 1.165) is 135 Å². The van der Waals surface area contributed by atoms with Gasteiger partial charge in [-0.2, -0.15) is 0 Å². The Labute approximate surface area is 491 Å². The molecule has 0 fully saturated rings. The van der Waals surface area contributed by atoms with Crippen LogP contribution in [-0.4, -0.2) is 69.4 Å². The van der Waals surface area contributed by atoms with Crippen molar-refractivity contribution in [3.8, 4) is 0 Å². The number of ether oxygens (including phenoxy) is 1. The summed E-state index contributed by atoms with van der Waals surface area (Å²) in [5.41, 5.74) is 0. The highest BCUT2D eigenvalue weighted by atomic mass is 31.2. The van der Waals surface area contributed by atoms with Crippen LogP contribution in [0.1, 0.15) is 233 Å². The lowest BCUT2D eigenvalue weighted by molar-refractivity contribution is -0.870. The third kappa shape index (κ3) is 58.5. The van der Waals surface area contributed by atoms with E-state index in [0.29, 0.717) is 23.9 Å². The van der Waals surface area contributed by atoms with Crippen molar-refractivity contribution < 1.29 is 37.3 Å². The molecule has 3 unspecified atom stereocenters. The summed E-state index contributed by atoms with van der Waals surface area (Å²) in [7, 11) is 1.12. The van der Waals surface area contributed by atoms with Gasteiger partial charge in [-0.3, -0.25) is 14.2 Å². The number of likely N-dealkylation sites (N-methyl/N-ethyl adjacent to an activating group) is 1. The maximum atomic E-state index is 13.5. The Morgan fingerprint density at radius 1 is 0.450 bits per heavy atom. The lowest BCUT2D eigenvalue weighted by Gasteiger charge is -2.30. The first-order valence-electron chi connectivity index (χ1n) is 31.6. The molecule has 10 heteroatoms. The van der Waals surface area contributed by atoms with Crippen LogP contribution in [0, 0.1) is 0 Å². The molecule has 0 rings (SSSR count). The Morgan fingerprint density at radius 2 is 0.800 bits per heavy atom.